The Morgan fingerprint density at radius 2 is 2.38 bits per heavy atom. The van der Waals surface area contributed by atoms with Gasteiger partial charge in [0.15, 0.2) is 0 Å². The van der Waals surface area contributed by atoms with Gasteiger partial charge in [0.1, 0.15) is 11.9 Å². The average molecular weight is 287 g/mol. The van der Waals surface area contributed by atoms with Gasteiger partial charge in [-0.15, -0.1) is 0 Å². The molecule has 6 nitrogen and oxygen atoms in total. The Hall–Kier alpha value is -1.92. The summed E-state index contributed by atoms with van der Waals surface area (Å²) in [6, 6.07) is 5.99. The normalized spacial score (nSPS) is 19.6. The molecular weight excluding hydrogens is 266 g/mol. The first-order valence-electron chi connectivity index (χ1n) is 7.24. The molecule has 112 valence electrons. The first-order chi connectivity index (χ1) is 10.3. The molecule has 3 heterocycles. The van der Waals surface area contributed by atoms with E-state index in [0.717, 1.165) is 43.4 Å². The zero-order chi connectivity index (χ0) is 14.7. The molecular formula is C15H21N5O. The molecule has 2 N–H and O–H groups in total. The lowest BCUT2D eigenvalue weighted by atomic mass is 10.1. The molecule has 0 amide bonds. The Balaban J connectivity index is 1.69. The predicted octanol–water partition coefficient (Wildman–Crippen LogP) is 1.73. The molecule has 0 aliphatic carbocycles. The largest absolute Gasteiger partial charge is 0.373 e. The molecule has 3 rings (SSSR count). The van der Waals surface area contributed by atoms with Crippen molar-refractivity contribution in [2.45, 2.75) is 19.6 Å². The number of aromatic nitrogens is 3. The van der Waals surface area contributed by atoms with E-state index in [0.29, 0.717) is 0 Å². The molecule has 2 aromatic rings. The van der Waals surface area contributed by atoms with Crippen LogP contribution in [0.3, 0.4) is 0 Å². The summed E-state index contributed by atoms with van der Waals surface area (Å²) >= 11 is 0. The minimum atomic E-state index is 0.0271. The highest BCUT2D eigenvalue weighted by atomic mass is 16.5. The van der Waals surface area contributed by atoms with Gasteiger partial charge in [-0.1, -0.05) is 6.07 Å². The van der Waals surface area contributed by atoms with Crippen LogP contribution in [-0.4, -0.2) is 46.8 Å². The van der Waals surface area contributed by atoms with Crippen LogP contribution in [0.25, 0.3) is 0 Å². The molecule has 2 aromatic heterocycles. The van der Waals surface area contributed by atoms with Crippen LogP contribution in [0.1, 0.15) is 23.1 Å². The van der Waals surface area contributed by atoms with Crippen molar-refractivity contribution >= 4 is 5.82 Å². The number of ether oxygens (including phenoxy) is 1. The van der Waals surface area contributed by atoms with Gasteiger partial charge in [-0.25, -0.2) is 4.98 Å². The highest BCUT2D eigenvalue weighted by Gasteiger charge is 2.23. The van der Waals surface area contributed by atoms with Gasteiger partial charge in [0.2, 0.25) is 0 Å². The minimum Gasteiger partial charge on any atom is -0.373 e. The van der Waals surface area contributed by atoms with E-state index in [1.54, 1.807) is 0 Å². The number of nitrogens with one attached hydrogen (secondary N) is 2. The van der Waals surface area contributed by atoms with E-state index in [4.69, 9.17) is 4.74 Å². The van der Waals surface area contributed by atoms with E-state index < -0.39 is 0 Å². The maximum absolute atomic E-state index is 5.89. The van der Waals surface area contributed by atoms with Crippen molar-refractivity contribution in [1.29, 1.82) is 0 Å². The van der Waals surface area contributed by atoms with Crippen LogP contribution in [-0.2, 0) is 11.3 Å². The number of anilines is 1. The van der Waals surface area contributed by atoms with Gasteiger partial charge in [-0.05, 0) is 19.1 Å². The maximum Gasteiger partial charge on any atom is 0.126 e. The van der Waals surface area contributed by atoms with Gasteiger partial charge in [-0.2, -0.15) is 5.10 Å². The van der Waals surface area contributed by atoms with E-state index in [2.05, 4.69) is 32.3 Å². The number of pyridine rings is 1. The van der Waals surface area contributed by atoms with Gasteiger partial charge < -0.3 is 10.1 Å². The summed E-state index contributed by atoms with van der Waals surface area (Å²) in [4.78, 5) is 6.97. The molecule has 1 unspecified atom stereocenters. The Morgan fingerprint density at radius 1 is 1.48 bits per heavy atom. The van der Waals surface area contributed by atoms with Crippen molar-refractivity contribution in [3.63, 3.8) is 0 Å². The van der Waals surface area contributed by atoms with Crippen molar-refractivity contribution in [2.75, 3.05) is 32.1 Å². The van der Waals surface area contributed by atoms with Gasteiger partial charge in [0.05, 0.1) is 18.5 Å². The summed E-state index contributed by atoms with van der Waals surface area (Å²) in [6.07, 6.45) is 1.93. The van der Waals surface area contributed by atoms with Crippen molar-refractivity contribution in [2.24, 2.45) is 0 Å². The zero-order valence-electron chi connectivity index (χ0n) is 12.5. The molecule has 1 aliphatic heterocycles. The molecule has 0 bridgehead atoms. The molecule has 0 saturated carbocycles. The number of rotatable bonds is 4. The van der Waals surface area contributed by atoms with Crippen molar-refractivity contribution in [3.8, 4) is 0 Å². The molecule has 21 heavy (non-hydrogen) atoms. The van der Waals surface area contributed by atoms with Gasteiger partial charge in [-0.3, -0.25) is 10.00 Å². The number of aryl methyl sites for hydroxylation is 1. The standard InChI is InChI=1S/C15H21N5O/c1-11-12(8-17-19-11)9-20-6-7-21-14(10-20)13-4-3-5-15(16-2)18-13/h3-5,8,14H,6-7,9-10H2,1-2H3,(H,16,18)(H,17,19). The lowest BCUT2D eigenvalue weighted by molar-refractivity contribution is -0.0349. The van der Waals surface area contributed by atoms with Gasteiger partial charge in [0, 0.05) is 37.9 Å². The molecule has 1 aliphatic rings. The maximum atomic E-state index is 5.89. The first-order valence-corrected chi connectivity index (χ1v) is 7.24. The van der Waals surface area contributed by atoms with E-state index in [-0.39, 0.29) is 6.10 Å². The molecule has 1 fully saturated rings. The minimum absolute atomic E-state index is 0.0271. The fraction of sp³-hybridized carbons (Fsp3) is 0.467. The van der Waals surface area contributed by atoms with Crippen molar-refractivity contribution in [3.05, 3.63) is 41.3 Å². The highest BCUT2D eigenvalue weighted by Crippen LogP contribution is 2.23. The highest BCUT2D eigenvalue weighted by molar-refractivity contribution is 5.34. The van der Waals surface area contributed by atoms with Crippen molar-refractivity contribution < 1.29 is 4.74 Å². The molecule has 0 spiro atoms. The summed E-state index contributed by atoms with van der Waals surface area (Å²) in [5.41, 5.74) is 3.36. The Labute approximate surface area is 124 Å². The van der Waals surface area contributed by atoms with E-state index in [1.165, 1.54) is 5.56 Å². The van der Waals surface area contributed by atoms with Crippen LogP contribution < -0.4 is 5.32 Å². The number of hydrogen-bond donors (Lipinski definition) is 2. The van der Waals surface area contributed by atoms with Crippen LogP contribution in [0.4, 0.5) is 5.82 Å². The molecule has 0 radical (unpaired) electrons. The van der Waals surface area contributed by atoms with Crippen LogP contribution in [0, 0.1) is 6.92 Å². The molecule has 1 atom stereocenters. The van der Waals surface area contributed by atoms with Crippen LogP contribution in [0.2, 0.25) is 0 Å². The van der Waals surface area contributed by atoms with E-state index in [1.807, 2.05) is 31.4 Å². The third-order valence-corrected chi connectivity index (χ3v) is 3.84. The smallest absolute Gasteiger partial charge is 0.126 e. The van der Waals surface area contributed by atoms with E-state index in [9.17, 15) is 0 Å². The lowest BCUT2D eigenvalue weighted by Gasteiger charge is -2.32. The summed E-state index contributed by atoms with van der Waals surface area (Å²) in [5.74, 6) is 0.874. The molecule has 1 saturated heterocycles. The third kappa shape index (κ3) is 3.22. The fourth-order valence-electron chi connectivity index (χ4n) is 2.57. The fourth-order valence-corrected chi connectivity index (χ4v) is 2.57. The zero-order valence-corrected chi connectivity index (χ0v) is 12.5. The number of H-pyrrole nitrogens is 1. The Morgan fingerprint density at radius 3 is 3.14 bits per heavy atom. The predicted molar refractivity (Wildman–Crippen MR) is 81.1 cm³/mol. The third-order valence-electron chi connectivity index (χ3n) is 3.84. The van der Waals surface area contributed by atoms with Crippen molar-refractivity contribution in [1.82, 2.24) is 20.1 Å². The van der Waals surface area contributed by atoms with E-state index >= 15 is 0 Å². The summed E-state index contributed by atoms with van der Waals surface area (Å²) < 4.78 is 5.89. The van der Waals surface area contributed by atoms with Crippen LogP contribution >= 0.6 is 0 Å². The monoisotopic (exact) mass is 287 g/mol. The SMILES string of the molecule is CNc1cccc(C2CN(Cc3cn[nH]c3C)CCO2)n1. The topological polar surface area (TPSA) is 66.1 Å². The first kappa shape index (κ1) is 14.0. The number of nitrogens with zero attached hydrogens (tertiary/aromatic N) is 3. The number of morpholine rings is 1. The second-order valence-corrected chi connectivity index (χ2v) is 5.31. The van der Waals surface area contributed by atoms with Gasteiger partial charge >= 0.3 is 0 Å². The quantitative estimate of drug-likeness (QED) is 0.896. The number of hydrogen-bond acceptors (Lipinski definition) is 5. The van der Waals surface area contributed by atoms with Crippen LogP contribution in [0.5, 0.6) is 0 Å². The second kappa shape index (κ2) is 6.24. The Bertz CT molecular complexity index is 597. The van der Waals surface area contributed by atoms with Gasteiger partial charge in [0.25, 0.3) is 0 Å². The molecule has 6 heteroatoms. The Kier molecular flexibility index (Phi) is 4.17. The average Bonchev–Trinajstić information content (AvgIpc) is 2.93. The second-order valence-electron chi connectivity index (χ2n) is 5.31. The summed E-state index contributed by atoms with van der Waals surface area (Å²) in [5, 5.41) is 10.1. The molecule has 0 aromatic carbocycles. The van der Waals surface area contributed by atoms with Crippen LogP contribution in [0.15, 0.2) is 24.4 Å². The summed E-state index contributed by atoms with van der Waals surface area (Å²) in [7, 11) is 1.88. The summed E-state index contributed by atoms with van der Waals surface area (Å²) in [6.45, 7) is 5.47. The number of aromatic amines is 1. The lowest BCUT2D eigenvalue weighted by Crippen LogP contribution is -2.38.